The summed E-state index contributed by atoms with van der Waals surface area (Å²) < 4.78 is 5.57. The van der Waals surface area contributed by atoms with Gasteiger partial charge in [-0.15, -0.1) is 10.2 Å². The number of benzene rings is 1. The predicted octanol–water partition coefficient (Wildman–Crippen LogP) is 2.60. The molecule has 22 heavy (non-hydrogen) atoms. The molecule has 1 heterocycles. The summed E-state index contributed by atoms with van der Waals surface area (Å²) >= 11 is 0. The average Bonchev–Trinajstić information content (AvgIpc) is 2.91. The molecule has 0 spiro atoms. The van der Waals surface area contributed by atoms with E-state index in [1.54, 1.807) is 0 Å². The minimum Gasteiger partial charge on any atom is -0.481 e. The number of carboxylic acids is 1. The first kappa shape index (κ1) is 16.2. The monoisotopic (exact) mass is 303 g/mol. The fraction of sp³-hybridized carbons (Fsp3) is 0.438. The Morgan fingerprint density at radius 1 is 1.23 bits per heavy atom. The van der Waals surface area contributed by atoms with Crippen molar-refractivity contribution in [1.82, 2.24) is 15.5 Å². The highest BCUT2D eigenvalue weighted by atomic mass is 16.4. The molecule has 1 aromatic carbocycles. The second-order valence-electron chi connectivity index (χ2n) is 6.15. The summed E-state index contributed by atoms with van der Waals surface area (Å²) in [6, 6.07) is 8.06. The minimum atomic E-state index is -0.836. The molecule has 6 nitrogen and oxygen atoms in total. The first-order valence-corrected chi connectivity index (χ1v) is 7.22. The number of aromatic nitrogens is 2. The zero-order valence-electron chi connectivity index (χ0n) is 13.1. The van der Waals surface area contributed by atoms with Crippen LogP contribution in [0.15, 0.2) is 28.7 Å². The highest BCUT2D eigenvalue weighted by molar-refractivity contribution is 5.66. The summed E-state index contributed by atoms with van der Waals surface area (Å²) in [6.07, 6.45) is 0.0647. The lowest BCUT2D eigenvalue weighted by Gasteiger charge is -2.18. The molecule has 118 valence electrons. The largest absolute Gasteiger partial charge is 0.481 e. The summed E-state index contributed by atoms with van der Waals surface area (Å²) in [4.78, 5) is 10.4. The van der Waals surface area contributed by atoms with Gasteiger partial charge in [0.2, 0.25) is 11.8 Å². The Hall–Kier alpha value is -2.21. The smallest absolute Gasteiger partial charge is 0.304 e. The van der Waals surface area contributed by atoms with E-state index in [9.17, 15) is 4.79 Å². The lowest BCUT2D eigenvalue weighted by molar-refractivity contribution is -0.136. The highest BCUT2D eigenvalue weighted by Crippen LogP contribution is 2.25. The van der Waals surface area contributed by atoms with Gasteiger partial charge in [-0.2, -0.15) is 0 Å². The van der Waals surface area contributed by atoms with Crippen LogP contribution in [0, 0.1) is 0 Å². The van der Waals surface area contributed by atoms with Gasteiger partial charge in [-0.3, -0.25) is 4.79 Å². The SMILES string of the molecule is CC(C)(C)c1ccc(-c2nnc(CNCCC(=O)O)o2)cc1. The zero-order valence-corrected chi connectivity index (χ0v) is 13.1. The van der Waals surface area contributed by atoms with Crippen LogP contribution in [0.2, 0.25) is 0 Å². The van der Waals surface area contributed by atoms with Gasteiger partial charge in [-0.25, -0.2) is 0 Å². The van der Waals surface area contributed by atoms with Gasteiger partial charge in [0.25, 0.3) is 0 Å². The number of nitrogens with zero attached hydrogens (tertiary/aromatic N) is 2. The molecule has 0 amide bonds. The van der Waals surface area contributed by atoms with E-state index in [1.165, 1.54) is 5.56 Å². The Morgan fingerprint density at radius 2 is 1.91 bits per heavy atom. The van der Waals surface area contributed by atoms with Crippen LogP contribution in [0.4, 0.5) is 0 Å². The fourth-order valence-corrected chi connectivity index (χ4v) is 1.95. The van der Waals surface area contributed by atoms with Crippen LogP contribution in [-0.2, 0) is 16.8 Å². The van der Waals surface area contributed by atoms with Crippen molar-refractivity contribution in [2.45, 2.75) is 39.2 Å². The number of carbonyl (C=O) groups is 1. The molecular weight excluding hydrogens is 282 g/mol. The molecule has 0 saturated carbocycles. The molecule has 2 rings (SSSR count). The first-order valence-electron chi connectivity index (χ1n) is 7.22. The van der Waals surface area contributed by atoms with Crippen molar-refractivity contribution in [3.05, 3.63) is 35.7 Å². The average molecular weight is 303 g/mol. The topological polar surface area (TPSA) is 88.2 Å². The standard InChI is InChI=1S/C16H21N3O3/c1-16(2,3)12-6-4-11(5-7-12)15-19-18-13(22-15)10-17-9-8-14(20)21/h4-7,17H,8-10H2,1-3H3,(H,20,21). The van der Waals surface area contributed by atoms with Crippen LogP contribution >= 0.6 is 0 Å². The summed E-state index contributed by atoms with van der Waals surface area (Å²) in [5.74, 6) is 0.0773. The molecule has 0 aliphatic rings. The van der Waals surface area contributed by atoms with Gasteiger partial charge in [-0.1, -0.05) is 32.9 Å². The Balaban J connectivity index is 1.97. The number of nitrogens with one attached hydrogen (secondary N) is 1. The lowest BCUT2D eigenvalue weighted by Crippen LogP contribution is -2.17. The first-order chi connectivity index (χ1) is 10.4. The Labute approximate surface area is 129 Å². The number of rotatable bonds is 6. The second kappa shape index (κ2) is 6.70. The lowest BCUT2D eigenvalue weighted by atomic mass is 9.87. The number of carboxylic acid groups (broad SMARTS) is 1. The summed E-state index contributed by atoms with van der Waals surface area (Å²) in [5, 5.41) is 19.5. The van der Waals surface area contributed by atoms with Crippen molar-refractivity contribution in [2.24, 2.45) is 0 Å². The molecular formula is C16H21N3O3. The molecule has 0 radical (unpaired) electrons. The van der Waals surface area contributed by atoms with Crippen LogP contribution in [0.5, 0.6) is 0 Å². The number of hydrogen-bond donors (Lipinski definition) is 2. The maximum absolute atomic E-state index is 10.4. The summed E-state index contributed by atoms with van der Waals surface area (Å²) in [6.45, 7) is 7.22. The Bertz CT molecular complexity index is 627. The van der Waals surface area contributed by atoms with E-state index in [0.717, 1.165) is 5.56 Å². The fourth-order valence-electron chi connectivity index (χ4n) is 1.95. The molecule has 0 saturated heterocycles. The van der Waals surface area contributed by atoms with Crippen molar-refractivity contribution >= 4 is 5.97 Å². The third-order valence-electron chi connectivity index (χ3n) is 3.26. The molecule has 1 aromatic heterocycles. The van der Waals surface area contributed by atoms with Crippen LogP contribution < -0.4 is 5.32 Å². The quantitative estimate of drug-likeness (QED) is 0.797. The Kier molecular flexibility index (Phi) is 4.92. The van der Waals surface area contributed by atoms with Gasteiger partial charge in [-0.05, 0) is 23.1 Å². The van der Waals surface area contributed by atoms with Gasteiger partial charge in [0.05, 0.1) is 13.0 Å². The predicted molar refractivity (Wildman–Crippen MR) is 82.4 cm³/mol. The third-order valence-corrected chi connectivity index (χ3v) is 3.26. The van der Waals surface area contributed by atoms with Gasteiger partial charge >= 0.3 is 5.97 Å². The van der Waals surface area contributed by atoms with Gasteiger partial charge in [0.15, 0.2) is 0 Å². The van der Waals surface area contributed by atoms with Crippen molar-refractivity contribution in [2.75, 3.05) is 6.54 Å². The second-order valence-corrected chi connectivity index (χ2v) is 6.15. The summed E-state index contributed by atoms with van der Waals surface area (Å²) in [7, 11) is 0. The minimum absolute atomic E-state index is 0.0647. The zero-order chi connectivity index (χ0) is 16.2. The molecule has 0 unspecified atom stereocenters. The molecule has 0 atom stereocenters. The number of aliphatic carboxylic acids is 1. The number of hydrogen-bond acceptors (Lipinski definition) is 5. The van der Waals surface area contributed by atoms with E-state index < -0.39 is 5.97 Å². The van der Waals surface area contributed by atoms with Crippen molar-refractivity contribution in [3.8, 4) is 11.5 Å². The van der Waals surface area contributed by atoms with Crippen LogP contribution in [0.25, 0.3) is 11.5 Å². The molecule has 0 aliphatic carbocycles. The Morgan fingerprint density at radius 3 is 2.50 bits per heavy atom. The molecule has 2 N–H and O–H groups in total. The van der Waals surface area contributed by atoms with Crippen LogP contribution in [0.3, 0.4) is 0 Å². The van der Waals surface area contributed by atoms with E-state index in [2.05, 4.69) is 48.4 Å². The highest BCUT2D eigenvalue weighted by Gasteiger charge is 2.14. The normalized spacial score (nSPS) is 11.6. The van der Waals surface area contributed by atoms with E-state index >= 15 is 0 Å². The maximum atomic E-state index is 10.4. The molecule has 6 heteroatoms. The molecule has 0 aliphatic heterocycles. The van der Waals surface area contributed by atoms with Crippen molar-refractivity contribution in [1.29, 1.82) is 0 Å². The van der Waals surface area contributed by atoms with Crippen molar-refractivity contribution in [3.63, 3.8) is 0 Å². The van der Waals surface area contributed by atoms with Crippen LogP contribution in [-0.4, -0.2) is 27.8 Å². The van der Waals surface area contributed by atoms with Gasteiger partial charge in [0.1, 0.15) is 0 Å². The van der Waals surface area contributed by atoms with Crippen molar-refractivity contribution < 1.29 is 14.3 Å². The van der Waals surface area contributed by atoms with Crippen LogP contribution in [0.1, 0.15) is 38.6 Å². The summed E-state index contributed by atoms with van der Waals surface area (Å²) in [5.41, 5.74) is 2.22. The van der Waals surface area contributed by atoms with E-state index in [1.807, 2.05) is 12.1 Å². The van der Waals surface area contributed by atoms with Gasteiger partial charge in [0, 0.05) is 12.1 Å². The molecule has 0 fully saturated rings. The van der Waals surface area contributed by atoms with E-state index in [0.29, 0.717) is 24.9 Å². The van der Waals surface area contributed by atoms with E-state index in [-0.39, 0.29) is 11.8 Å². The van der Waals surface area contributed by atoms with Gasteiger partial charge < -0.3 is 14.8 Å². The molecule has 2 aromatic rings. The molecule has 0 bridgehead atoms. The van der Waals surface area contributed by atoms with E-state index in [4.69, 9.17) is 9.52 Å². The third kappa shape index (κ3) is 4.39. The maximum Gasteiger partial charge on any atom is 0.304 e.